The molecule has 7 nitrogen and oxygen atoms in total. The fraction of sp³-hybridized carbons (Fsp3) is 0.412. The summed E-state index contributed by atoms with van der Waals surface area (Å²) in [5.74, 6) is 2.29. The molecule has 2 N–H and O–H groups in total. The quantitative estimate of drug-likeness (QED) is 0.700. The molecular weight excluding hydrogens is 374 g/mol. The van der Waals surface area contributed by atoms with Crippen LogP contribution in [0, 0.1) is 6.92 Å². The van der Waals surface area contributed by atoms with Gasteiger partial charge in [-0.3, -0.25) is 0 Å². The van der Waals surface area contributed by atoms with E-state index in [1.807, 2.05) is 13.0 Å². The molecule has 2 aromatic rings. The molecule has 26 heavy (non-hydrogen) atoms. The van der Waals surface area contributed by atoms with Crippen molar-refractivity contribution in [3.05, 3.63) is 41.2 Å². The van der Waals surface area contributed by atoms with Crippen molar-refractivity contribution < 1.29 is 8.42 Å². The van der Waals surface area contributed by atoms with Gasteiger partial charge in [-0.1, -0.05) is 23.7 Å². The Kier molecular flexibility index (Phi) is 5.95. The summed E-state index contributed by atoms with van der Waals surface area (Å²) >= 11 is 5.96. The van der Waals surface area contributed by atoms with Crippen LogP contribution in [0.2, 0.25) is 5.02 Å². The molecular formula is C17H22ClN5O2S. The van der Waals surface area contributed by atoms with Gasteiger partial charge in [0, 0.05) is 32.2 Å². The van der Waals surface area contributed by atoms with E-state index in [1.165, 1.54) is 18.9 Å². The molecule has 3 rings (SSSR count). The third kappa shape index (κ3) is 4.63. The second-order valence-electron chi connectivity index (χ2n) is 6.11. The molecule has 0 atom stereocenters. The zero-order chi connectivity index (χ0) is 18.6. The van der Waals surface area contributed by atoms with Gasteiger partial charge in [-0.15, -0.1) is 0 Å². The number of anilines is 2. The number of hydrogen-bond acceptors (Lipinski definition) is 6. The minimum absolute atomic E-state index is 0.0795. The second kappa shape index (κ2) is 8.20. The molecule has 0 saturated carbocycles. The van der Waals surface area contributed by atoms with Crippen LogP contribution in [0.5, 0.6) is 0 Å². The number of halogens is 1. The Morgan fingerprint density at radius 1 is 1.15 bits per heavy atom. The van der Waals surface area contributed by atoms with Crippen molar-refractivity contribution in [3.63, 3.8) is 0 Å². The van der Waals surface area contributed by atoms with E-state index < -0.39 is 10.0 Å². The minimum Gasteiger partial charge on any atom is -0.369 e. The molecule has 0 radical (unpaired) electrons. The van der Waals surface area contributed by atoms with Gasteiger partial charge in [0.15, 0.2) is 0 Å². The Hall–Kier alpha value is -1.90. The molecule has 0 aliphatic carbocycles. The third-order valence-corrected chi connectivity index (χ3v) is 6.06. The third-order valence-electron chi connectivity index (χ3n) is 4.10. The lowest BCUT2D eigenvalue weighted by Gasteiger charge is -2.18. The van der Waals surface area contributed by atoms with Crippen LogP contribution >= 0.6 is 11.6 Å². The summed E-state index contributed by atoms with van der Waals surface area (Å²) in [6, 6.07) is 8.27. The van der Waals surface area contributed by atoms with E-state index in [9.17, 15) is 8.42 Å². The highest BCUT2D eigenvalue weighted by atomic mass is 35.5. The first-order chi connectivity index (χ1) is 12.5. The predicted molar refractivity (Wildman–Crippen MR) is 103 cm³/mol. The van der Waals surface area contributed by atoms with Crippen LogP contribution in [-0.4, -0.2) is 44.6 Å². The van der Waals surface area contributed by atoms with Crippen LogP contribution in [0.1, 0.15) is 18.7 Å². The topological polar surface area (TPSA) is 87.2 Å². The van der Waals surface area contributed by atoms with Crippen molar-refractivity contribution in [3.8, 4) is 0 Å². The predicted octanol–water partition coefficient (Wildman–Crippen LogP) is 2.43. The average molecular weight is 396 g/mol. The van der Waals surface area contributed by atoms with E-state index in [-0.39, 0.29) is 16.5 Å². The lowest BCUT2D eigenvalue weighted by Crippen LogP contribution is -2.29. The Bertz CT molecular complexity index is 869. The molecule has 1 aliphatic rings. The van der Waals surface area contributed by atoms with Gasteiger partial charge in [0.05, 0.1) is 5.02 Å². The van der Waals surface area contributed by atoms with Gasteiger partial charge in [-0.25, -0.2) is 23.1 Å². The van der Waals surface area contributed by atoms with E-state index in [1.54, 1.807) is 18.2 Å². The van der Waals surface area contributed by atoms with Crippen LogP contribution < -0.4 is 14.9 Å². The maximum absolute atomic E-state index is 12.3. The van der Waals surface area contributed by atoms with E-state index >= 15 is 0 Å². The average Bonchev–Trinajstić information content (AvgIpc) is 3.13. The Labute approximate surface area is 158 Å². The SMILES string of the molecule is Cc1nc(NCCNS(=O)(=O)c2ccccc2Cl)cc(N2CCCC2)n1. The molecule has 0 amide bonds. The number of nitrogens with zero attached hydrogens (tertiary/aromatic N) is 3. The number of aryl methyl sites for hydroxylation is 1. The summed E-state index contributed by atoms with van der Waals surface area (Å²) in [4.78, 5) is 11.2. The van der Waals surface area contributed by atoms with Gasteiger partial charge in [0.1, 0.15) is 22.4 Å². The molecule has 1 aromatic carbocycles. The van der Waals surface area contributed by atoms with E-state index in [2.05, 4.69) is 24.9 Å². The maximum Gasteiger partial charge on any atom is 0.242 e. The number of rotatable bonds is 7. The molecule has 9 heteroatoms. The van der Waals surface area contributed by atoms with E-state index in [4.69, 9.17) is 11.6 Å². The van der Waals surface area contributed by atoms with E-state index in [0.717, 1.165) is 18.9 Å². The zero-order valence-corrected chi connectivity index (χ0v) is 16.1. The van der Waals surface area contributed by atoms with Gasteiger partial charge in [-0.2, -0.15) is 0 Å². The molecule has 2 heterocycles. The summed E-state index contributed by atoms with van der Waals surface area (Å²) in [5.41, 5.74) is 0. The molecule has 1 aliphatic heterocycles. The molecule has 0 spiro atoms. The lowest BCUT2D eigenvalue weighted by atomic mass is 10.4. The van der Waals surface area contributed by atoms with Crippen molar-refractivity contribution in [1.29, 1.82) is 0 Å². The van der Waals surface area contributed by atoms with Crippen LogP contribution in [0.3, 0.4) is 0 Å². The maximum atomic E-state index is 12.3. The van der Waals surface area contributed by atoms with Crippen LogP contribution in [0.15, 0.2) is 35.2 Å². The number of sulfonamides is 1. The summed E-state index contributed by atoms with van der Waals surface area (Å²) in [7, 11) is -3.64. The monoisotopic (exact) mass is 395 g/mol. The zero-order valence-electron chi connectivity index (χ0n) is 14.6. The first-order valence-electron chi connectivity index (χ1n) is 8.54. The fourth-order valence-corrected chi connectivity index (χ4v) is 4.42. The second-order valence-corrected chi connectivity index (χ2v) is 8.25. The number of hydrogen-bond donors (Lipinski definition) is 2. The van der Waals surface area contributed by atoms with Gasteiger partial charge in [0.25, 0.3) is 0 Å². The molecule has 0 bridgehead atoms. The largest absolute Gasteiger partial charge is 0.369 e. The number of nitrogens with one attached hydrogen (secondary N) is 2. The fourth-order valence-electron chi connectivity index (χ4n) is 2.87. The minimum atomic E-state index is -3.64. The van der Waals surface area contributed by atoms with Gasteiger partial charge >= 0.3 is 0 Å². The van der Waals surface area contributed by atoms with Crippen molar-refractivity contribution in [1.82, 2.24) is 14.7 Å². The summed E-state index contributed by atoms with van der Waals surface area (Å²) in [6.07, 6.45) is 2.35. The molecule has 1 saturated heterocycles. The molecule has 1 fully saturated rings. The normalized spacial score (nSPS) is 14.6. The highest BCUT2D eigenvalue weighted by Gasteiger charge is 2.17. The Morgan fingerprint density at radius 3 is 2.62 bits per heavy atom. The van der Waals surface area contributed by atoms with Gasteiger partial charge < -0.3 is 10.2 Å². The van der Waals surface area contributed by atoms with Crippen molar-refractivity contribution in [2.45, 2.75) is 24.7 Å². The Morgan fingerprint density at radius 2 is 1.88 bits per heavy atom. The van der Waals surface area contributed by atoms with Crippen LogP contribution in [-0.2, 0) is 10.0 Å². The number of aromatic nitrogens is 2. The first-order valence-corrected chi connectivity index (χ1v) is 10.4. The highest BCUT2D eigenvalue weighted by Crippen LogP contribution is 2.21. The van der Waals surface area contributed by atoms with Crippen molar-refractivity contribution >= 4 is 33.3 Å². The van der Waals surface area contributed by atoms with E-state index in [0.29, 0.717) is 18.2 Å². The number of benzene rings is 1. The smallest absolute Gasteiger partial charge is 0.242 e. The standard InChI is InChI=1S/C17H22ClN5O2S/c1-13-21-16(12-17(22-13)23-10-4-5-11-23)19-8-9-20-26(24,25)15-7-3-2-6-14(15)18/h2-3,6-7,12,20H,4-5,8-11H2,1H3,(H,19,21,22). The molecule has 140 valence electrons. The summed E-state index contributed by atoms with van der Waals surface area (Å²) in [6.45, 7) is 4.49. The summed E-state index contributed by atoms with van der Waals surface area (Å²) < 4.78 is 27.1. The highest BCUT2D eigenvalue weighted by molar-refractivity contribution is 7.89. The van der Waals surface area contributed by atoms with Crippen LogP contribution in [0.4, 0.5) is 11.6 Å². The summed E-state index contributed by atoms with van der Waals surface area (Å²) in [5, 5.41) is 3.35. The lowest BCUT2D eigenvalue weighted by molar-refractivity contribution is 0.583. The van der Waals surface area contributed by atoms with Gasteiger partial charge in [0.2, 0.25) is 10.0 Å². The van der Waals surface area contributed by atoms with Crippen molar-refractivity contribution in [2.24, 2.45) is 0 Å². The molecule has 1 aromatic heterocycles. The first kappa shape index (κ1) is 18.9. The van der Waals surface area contributed by atoms with Crippen molar-refractivity contribution in [2.75, 3.05) is 36.4 Å². The van der Waals surface area contributed by atoms with Crippen LogP contribution in [0.25, 0.3) is 0 Å². The molecule has 0 unspecified atom stereocenters. The van der Waals surface area contributed by atoms with Gasteiger partial charge in [-0.05, 0) is 31.9 Å². The Balaban J connectivity index is 1.57.